The molecule has 3 heteroatoms. The van der Waals surface area contributed by atoms with Crippen LogP contribution in [-0.4, -0.2) is 17.1 Å². The summed E-state index contributed by atoms with van der Waals surface area (Å²) < 4.78 is 0. The minimum atomic E-state index is -0.997. The molecule has 56 valence electrons. The Balaban J connectivity index is 3.84. The highest BCUT2D eigenvalue weighted by Gasteiger charge is 2.18. The normalized spacial score (nSPS) is 15.3. The molecule has 0 radical (unpaired) electrons. The van der Waals surface area contributed by atoms with Gasteiger partial charge in [-0.25, -0.2) is 0 Å². The topological polar surface area (TPSA) is 63.3 Å². The van der Waals surface area contributed by atoms with Gasteiger partial charge in [-0.3, -0.25) is 4.79 Å². The zero-order valence-electron chi connectivity index (χ0n) is 5.87. The van der Waals surface area contributed by atoms with Crippen LogP contribution in [0.15, 0.2) is 0 Å². The van der Waals surface area contributed by atoms with Crippen LogP contribution in [0.2, 0.25) is 0 Å². The maximum atomic E-state index is 10.2. The van der Waals surface area contributed by atoms with Crippen LogP contribution in [-0.2, 0) is 4.79 Å². The van der Waals surface area contributed by atoms with Gasteiger partial charge in [-0.2, -0.15) is 0 Å². The van der Waals surface area contributed by atoms with Crippen molar-refractivity contribution in [3.8, 4) is 12.3 Å². The van der Waals surface area contributed by atoms with Crippen LogP contribution in [0.4, 0.5) is 0 Å². The summed E-state index contributed by atoms with van der Waals surface area (Å²) in [5, 5.41) is 8.39. The van der Waals surface area contributed by atoms with Crippen LogP contribution >= 0.6 is 0 Å². The van der Waals surface area contributed by atoms with Gasteiger partial charge in [0.25, 0.3) is 0 Å². The van der Waals surface area contributed by atoms with Crippen molar-refractivity contribution in [2.24, 2.45) is 11.7 Å². The number of terminal acetylenes is 1. The average Bonchev–Trinajstić information content (AvgIpc) is 1.87. The molecule has 0 unspecified atom stereocenters. The minimum absolute atomic E-state index is 0.150. The molecule has 3 nitrogen and oxygen atoms in total. The molecule has 0 aliphatic carbocycles. The summed E-state index contributed by atoms with van der Waals surface area (Å²) in [5.41, 5.74) is 5.25. The van der Waals surface area contributed by atoms with E-state index in [9.17, 15) is 4.79 Å². The fourth-order valence-electron chi connectivity index (χ4n) is 0.556. The minimum Gasteiger partial charge on any atom is -0.480 e. The molecule has 0 saturated heterocycles. The number of carboxylic acid groups (broad SMARTS) is 1. The van der Waals surface area contributed by atoms with Gasteiger partial charge in [-0.05, 0) is 5.92 Å². The molecular formula is C7H11NO2. The van der Waals surface area contributed by atoms with Crippen molar-refractivity contribution < 1.29 is 9.90 Å². The van der Waals surface area contributed by atoms with Crippen LogP contribution in [0.3, 0.4) is 0 Å². The molecule has 0 spiro atoms. The molecule has 2 atom stereocenters. The van der Waals surface area contributed by atoms with Gasteiger partial charge in [-0.15, -0.1) is 12.3 Å². The summed E-state index contributed by atoms with van der Waals surface area (Å²) in [6.45, 7) is 1.72. The number of hydrogen-bond donors (Lipinski definition) is 2. The molecule has 0 heterocycles. The second-order valence-corrected chi connectivity index (χ2v) is 2.25. The lowest BCUT2D eigenvalue weighted by Gasteiger charge is -2.11. The molecule has 3 N–H and O–H groups in total. The van der Waals surface area contributed by atoms with Gasteiger partial charge in [0.1, 0.15) is 6.04 Å². The SMILES string of the molecule is C#CC[C@H](C)[C@H](N)C(=O)O. The Morgan fingerprint density at radius 1 is 1.90 bits per heavy atom. The number of hydrogen-bond acceptors (Lipinski definition) is 2. The maximum absolute atomic E-state index is 10.2. The van der Waals surface area contributed by atoms with Crippen LogP contribution in [0.25, 0.3) is 0 Å². The summed E-state index contributed by atoms with van der Waals surface area (Å²) >= 11 is 0. The van der Waals surface area contributed by atoms with E-state index in [2.05, 4.69) is 5.92 Å². The highest BCUT2D eigenvalue weighted by atomic mass is 16.4. The lowest BCUT2D eigenvalue weighted by molar-refractivity contribution is -0.139. The van der Waals surface area contributed by atoms with Crippen LogP contribution in [0, 0.1) is 18.3 Å². The predicted octanol–water partition coefficient (Wildman–Crippen LogP) is 0.0577. The lowest BCUT2D eigenvalue weighted by Crippen LogP contribution is -2.36. The van der Waals surface area contributed by atoms with E-state index in [1.165, 1.54) is 0 Å². The Kier molecular flexibility index (Phi) is 3.52. The maximum Gasteiger partial charge on any atom is 0.320 e. The van der Waals surface area contributed by atoms with Crippen LogP contribution < -0.4 is 5.73 Å². The molecule has 0 rings (SSSR count). The van der Waals surface area contributed by atoms with Gasteiger partial charge in [-0.1, -0.05) is 6.92 Å². The largest absolute Gasteiger partial charge is 0.480 e. The Bertz CT molecular complexity index is 159. The summed E-state index contributed by atoms with van der Waals surface area (Å²) in [6.07, 6.45) is 5.38. The number of nitrogens with two attached hydrogens (primary N) is 1. The van der Waals surface area contributed by atoms with E-state index in [1.54, 1.807) is 6.92 Å². The molecule has 0 bridgehead atoms. The fourth-order valence-corrected chi connectivity index (χ4v) is 0.556. The third-order valence-electron chi connectivity index (χ3n) is 1.34. The Morgan fingerprint density at radius 2 is 2.40 bits per heavy atom. The molecule has 0 aromatic rings. The van der Waals surface area contributed by atoms with E-state index in [0.29, 0.717) is 6.42 Å². The van der Waals surface area contributed by atoms with E-state index < -0.39 is 12.0 Å². The van der Waals surface area contributed by atoms with Crippen molar-refractivity contribution >= 4 is 5.97 Å². The van der Waals surface area contributed by atoms with E-state index in [1.807, 2.05) is 0 Å². The highest BCUT2D eigenvalue weighted by molar-refractivity contribution is 5.73. The molecule has 0 fully saturated rings. The highest BCUT2D eigenvalue weighted by Crippen LogP contribution is 2.04. The van der Waals surface area contributed by atoms with E-state index in [0.717, 1.165) is 0 Å². The first-order valence-electron chi connectivity index (χ1n) is 3.01. The smallest absolute Gasteiger partial charge is 0.320 e. The zero-order chi connectivity index (χ0) is 8.15. The Labute approximate surface area is 60.2 Å². The summed E-state index contributed by atoms with van der Waals surface area (Å²) in [7, 11) is 0. The van der Waals surface area contributed by atoms with E-state index in [-0.39, 0.29) is 5.92 Å². The Hall–Kier alpha value is -1.01. The van der Waals surface area contributed by atoms with E-state index >= 15 is 0 Å². The first-order chi connectivity index (χ1) is 4.59. The summed E-state index contributed by atoms with van der Waals surface area (Å²) in [4.78, 5) is 10.2. The third kappa shape index (κ3) is 2.51. The van der Waals surface area contributed by atoms with Crippen molar-refractivity contribution in [2.75, 3.05) is 0 Å². The third-order valence-corrected chi connectivity index (χ3v) is 1.34. The first kappa shape index (κ1) is 8.99. The molecule has 0 aliphatic heterocycles. The van der Waals surface area contributed by atoms with Gasteiger partial charge in [0.15, 0.2) is 0 Å². The molecule has 0 aromatic carbocycles. The molecule has 0 saturated carbocycles. The van der Waals surface area contributed by atoms with Gasteiger partial charge in [0, 0.05) is 6.42 Å². The quantitative estimate of drug-likeness (QED) is 0.546. The second-order valence-electron chi connectivity index (χ2n) is 2.25. The molecule has 10 heavy (non-hydrogen) atoms. The van der Waals surface area contributed by atoms with E-state index in [4.69, 9.17) is 17.3 Å². The number of aliphatic carboxylic acids is 1. The first-order valence-corrected chi connectivity index (χ1v) is 3.01. The van der Waals surface area contributed by atoms with Gasteiger partial charge in [0.05, 0.1) is 0 Å². The molecule has 0 aliphatic rings. The fraction of sp³-hybridized carbons (Fsp3) is 0.571. The number of carbonyl (C=O) groups is 1. The summed E-state index contributed by atoms with van der Waals surface area (Å²) in [5.74, 6) is 1.21. The second kappa shape index (κ2) is 3.91. The molecule has 0 aromatic heterocycles. The number of rotatable bonds is 3. The number of carboxylic acids is 1. The van der Waals surface area contributed by atoms with Crippen molar-refractivity contribution in [3.05, 3.63) is 0 Å². The van der Waals surface area contributed by atoms with Gasteiger partial charge in [0.2, 0.25) is 0 Å². The molecule has 0 amide bonds. The zero-order valence-corrected chi connectivity index (χ0v) is 5.87. The monoisotopic (exact) mass is 141 g/mol. The molecular weight excluding hydrogens is 130 g/mol. The van der Waals surface area contributed by atoms with Crippen LogP contribution in [0.5, 0.6) is 0 Å². The van der Waals surface area contributed by atoms with Crippen molar-refractivity contribution in [3.63, 3.8) is 0 Å². The summed E-state index contributed by atoms with van der Waals surface area (Å²) in [6, 6.07) is -0.837. The predicted molar refractivity (Wildman–Crippen MR) is 38.2 cm³/mol. The Morgan fingerprint density at radius 3 is 2.70 bits per heavy atom. The van der Waals surface area contributed by atoms with Crippen LogP contribution in [0.1, 0.15) is 13.3 Å². The standard InChI is InChI=1S/C7H11NO2/c1-3-4-5(2)6(8)7(9)10/h1,5-6H,4,8H2,2H3,(H,9,10)/t5-,6-/m0/s1. The lowest BCUT2D eigenvalue weighted by atomic mass is 10.00. The average molecular weight is 141 g/mol. The van der Waals surface area contributed by atoms with Crippen molar-refractivity contribution in [1.82, 2.24) is 0 Å². The van der Waals surface area contributed by atoms with Crippen molar-refractivity contribution in [1.29, 1.82) is 0 Å². The van der Waals surface area contributed by atoms with Gasteiger partial charge < -0.3 is 10.8 Å². The van der Waals surface area contributed by atoms with Crippen molar-refractivity contribution in [2.45, 2.75) is 19.4 Å². The van der Waals surface area contributed by atoms with Gasteiger partial charge >= 0.3 is 5.97 Å².